The molecule has 2 saturated heterocycles. The smallest absolute Gasteiger partial charge is 0.325 e. The highest BCUT2D eigenvalue weighted by Crippen LogP contribution is 2.44. The minimum Gasteiger partial charge on any atom is -0.339 e. The fourth-order valence-electron chi connectivity index (χ4n) is 5.46. The third-order valence-corrected chi connectivity index (χ3v) is 7.10. The summed E-state index contributed by atoms with van der Waals surface area (Å²) in [5.41, 5.74) is 0.114. The summed E-state index contributed by atoms with van der Waals surface area (Å²) in [4.78, 5) is 54.2. The third kappa shape index (κ3) is 2.37. The lowest BCUT2D eigenvalue weighted by Crippen LogP contribution is -2.51. The molecule has 0 aromatic heterocycles. The monoisotopic (exact) mass is 396 g/mol. The SMILES string of the molecule is CC(C(=O)N1CCC2(C1)C(=O)Nc1ccccc12)N1C(=O)NC2(CCCC2)C1=O. The summed E-state index contributed by atoms with van der Waals surface area (Å²) in [5.74, 6) is -0.683. The van der Waals surface area contributed by atoms with Crippen molar-refractivity contribution in [3.63, 3.8) is 0 Å². The average Bonchev–Trinajstić information content (AvgIpc) is 3.45. The van der Waals surface area contributed by atoms with Crippen LogP contribution in [0.5, 0.6) is 0 Å². The molecule has 2 atom stereocenters. The molecule has 2 unspecified atom stereocenters. The van der Waals surface area contributed by atoms with Crippen LogP contribution in [-0.2, 0) is 19.8 Å². The van der Waals surface area contributed by atoms with Gasteiger partial charge in [-0.1, -0.05) is 31.0 Å². The van der Waals surface area contributed by atoms with Gasteiger partial charge in [-0.05, 0) is 37.8 Å². The zero-order valence-electron chi connectivity index (χ0n) is 16.4. The number of benzene rings is 1. The first-order valence-corrected chi connectivity index (χ1v) is 10.2. The largest absolute Gasteiger partial charge is 0.339 e. The summed E-state index contributed by atoms with van der Waals surface area (Å²) in [6.07, 6.45) is 3.56. The van der Waals surface area contributed by atoms with Crippen molar-refractivity contribution < 1.29 is 19.2 Å². The van der Waals surface area contributed by atoms with E-state index in [9.17, 15) is 19.2 Å². The van der Waals surface area contributed by atoms with Crippen LogP contribution in [0, 0.1) is 0 Å². The van der Waals surface area contributed by atoms with Gasteiger partial charge >= 0.3 is 6.03 Å². The van der Waals surface area contributed by atoms with Gasteiger partial charge in [-0.15, -0.1) is 0 Å². The minimum absolute atomic E-state index is 0.0958. The molecule has 0 radical (unpaired) electrons. The molecule has 8 heteroatoms. The first-order chi connectivity index (χ1) is 13.9. The molecule has 1 aromatic rings. The van der Waals surface area contributed by atoms with Gasteiger partial charge in [0.1, 0.15) is 11.6 Å². The fourth-order valence-corrected chi connectivity index (χ4v) is 5.46. The molecule has 1 saturated carbocycles. The maximum Gasteiger partial charge on any atom is 0.325 e. The van der Waals surface area contributed by atoms with Crippen molar-refractivity contribution in [3.8, 4) is 0 Å². The molecular weight excluding hydrogens is 372 g/mol. The van der Waals surface area contributed by atoms with E-state index in [0.29, 0.717) is 25.8 Å². The Hall–Kier alpha value is -2.90. The van der Waals surface area contributed by atoms with Gasteiger partial charge in [0.15, 0.2) is 0 Å². The number of para-hydroxylation sites is 1. The zero-order chi connectivity index (χ0) is 20.4. The number of hydrogen-bond donors (Lipinski definition) is 2. The molecule has 5 amide bonds. The number of carbonyl (C=O) groups is 4. The van der Waals surface area contributed by atoms with Crippen molar-refractivity contribution in [2.45, 2.75) is 56.0 Å². The normalized spacial score (nSPS) is 28.2. The number of rotatable bonds is 2. The highest BCUT2D eigenvalue weighted by atomic mass is 16.2. The summed E-state index contributed by atoms with van der Waals surface area (Å²) in [7, 11) is 0. The molecule has 3 fully saturated rings. The second-order valence-electron chi connectivity index (χ2n) is 8.66. The first-order valence-electron chi connectivity index (χ1n) is 10.2. The second-order valence-corrected chi connectivity index (χ2v) is 8.66. The highest BCUT2D eigenvalue weighted by Gasteiger charge is 2.56. The number of likely N-dealkylation sites (tertiary alicyclic amines) is 1. The van der Waals surface area contributed by atoms with Gasteiger partial charge in [-0.2, -0.15) is 0 Å². The number of urea groups is 1. The van der Waals surface area contributed by atoms with Gasteiger partial charge in [0.2, 0.25) is 11.8 Å². The van der Waals surface area contributed by atoms with Crippen molar-refractivity contribution in [2.24, 2.45) is 0 Å². The van der Waals surface area contributed by atoms with E-state index in [-0.39, 0.29) is 24.3 Å². The number of hydrogen-bond acceptors (Lipinski definition) is 4. The van der Waals surface area contributed by atoms with Crippen LogP contribution in [0.2, 0.25) is 0 Å². The quantitative estimate of drug-likeness (QED) is 0.738. The number of anilines is 1. The second kappa shape index (κ2) is 6.05. The van der Waals surface area contributed by atoms with Gasteiger partial charge in [-0.3, -0.25) is 14.4 Å². The minimum atomic E-state index is -0.891. The maximum absolute atomic E-state index is 13.2. The lowest BCUT2D eigenvalue weighted by Gasteiger charge is -2.28. The van der Waals surface area contributed by atoms with Crippen LogP contribution in [0.3, 0.4) is 0 Å². The Morgan fingerprint density at radius 1 is 1.10 bits per heavy atom. The molecule has 8 nitrogen and oxygen atoms in total. The number of nitrogens with zero attached hydrogens (tertiary/aromatic N) is 2. The van der Waals surface area contributed by atoms with Gasteiger partial charge in [0.25, 0.3) is 5.91 Å². The number of carbonyl (C=O) groups excluding carboxylic acids is 4. The van der Waals surface area contributed by atoms with Crippen LogP contribution in [0.4, 0.5) is 10.5 Å². The van der Waals surface area contributed by atoms with Crippen molar-refractivity contribution in [2.75, 3.05) is 18.4 Å². The van der Waals surface area contributed by atoms with Crippen LogP contribution in [0.15, 0.2) is 24.3 Å². The van der Waals surface area contributed by atoms with Crippen molar-refractivity contribution in [3.05, 3.63) is 29.8 Å². The predicted molar refractivity (Wildman–Crippen MR) is 104 cm³/mol. The predicted octanol–water partition coefficient (Wildman–Crippen LogP) is 1.36. The molecule has 0 bridgehead atoms. The standard InChI is InChI=1S/C21H24N4O4/c1-13(25-18(28)21(23-19(25)29)8-4-5-9-21)16(26)24-11-10-20(12-24)14-6-2-3-7-15(14)22-17(20)27/h2-3,6-7,13H,4-5,8-12H2,1H3,(H,22,27)(H,23,29). The maximum atomic E-state index is 13.2. The molecule has 1 aliphatic carbocycles. The summed E-state index contributed by atoms with van der Waals surface area (Å²) in [6.45, 7) is 2.27. The Kier molecular flexibility index (Phi) is 3.78. The van der Waals surface area contributed by atoms with Crippen molar-refractivity contribution in [1.82, 2.24) is 15.1 Å². The third-order valence-electron chi connectivity index (χ3n) is 7.10. The fraction of sp³-hybridized carbons (Fsp3) is 0.524. The average molecular weight is 396 g/mol. The van der Waals surface area contributed by atoms with Gasteiger partial charge in [0.05, 0.1) is 5.41 Å². The summed E-state index contributed by atoms with van der Waals surface area (Å²) in [5, 5.41) is 5.74. The molecule has 2 N–H and O–H groups in total. The van der Waals surface area contributed by atoms with E-state index < -0.39 is 23.0 Å². The summed E-state index contributed by atoms with van der Waals surface area (Å²) >= 11 is 0. The van der Waals surface area contributed by atoms with E-state index in [2.05, 4.69) is 10.6 Å². The van der Waals surface area contributed by atoms with Crippen molar-refractivity contribution >= 4 is 29.4 Å². The van der Waals surface area contributed by atoms with Crippen LogP contribution in [0.1, 0.15) is 44.6 Å². The summed E-state index contributed by atoms with van der Waals surface area (Å²) in [6, 6.07) is 6.17. The van der Waals surface area contributed by atoms with Gasteiger partial charge < -0.3 is 15.5 Å². The van der Waals surface area contributed by atoms with E-state index in [0.717, 1.165) is 29.0 Å². The molecule has 5 rings (SSSR count). The Balaban J connectivity index is 1.36. The van der Waals surface area contributed by atoms with E-state index in [1.165, 1.54) is 0 Å². The van der Waals surface area contributed by atoms with Gasteiger partial charge in [-0.25, -0.2) is 9.69 Å². The van der Waals surface area contributed by atoms with Crippen molar-refractivity contribution in [1.29, 1.82) is 0 Å². The molecule has 3 aliphatic heterocycles. The highest BCUT2D eigenvalue weighted by molar-refractivity contribution is 6.10. The Morgan fingerprint density at radius 3 is 2.59 bits per heavy atom. The number of fused-ring (bicyclic) bond motifs is 2. The van der Waals surface area contributed by atoms with E-state index in [4.69, 9.17) is 0 Å². The molecule has 2 spiro atoms. The Labute approximate surface area is 168 Å². The van der Waals surface area contributed by atoms with Crippen LogP contribution in [-0.4, -0.2) is 58.2 Å². The Bertz CT molecular complexity index is 938. The van der Waals surface area contributed by atoms with E-state index in [1.807, 2.05) is 24.3 Å². The first kappa shape index (κ1) is 18.1. The molecule has 3 heterocycles. The summed E-state index contributed by atoms with van der Waals surface area (Å²) < 4.78 is 0. The topological polar surface area (TPSA) is 98.8 Å². The molecule has 152 valence electrons. The van der Waals surface area contributed by atoms with E-state index >= 15 is 0 Å². The zero-order valence-corrected chi connectivity index (χ0v) is 16.4. The number of imide groups is 1. The van der Waals surface area contributed by atoms with Crippen LogP contribution in [0.25, 0.3) is 0 Å². The van der Waals surface area contributed by atoms with Gasteiger partial charge in [0, 0.05) is 18.8 Å². The molecule has 4 aliphatic rings. The van der Waals surface area contributed by atoms with Crippen LogP contribution >= 0.6 is 0 Å². The molecular formula is C21H24N4O4. The van der Waals surface area contributed by atoms with E-state index in [1.54, 1.807) is 11.8 Å². The lowest BCUT2D eigenvalue weighted by molar-refractivity contribution is -0.142. The number of nitrogens with one attached hydrogen (secondary N) is 2. The Morgan fingerprint density at radius 2 is 1.83 bits per heavy atom. The molecule has 1 aromatic carbocycles. The molecule has 29 heavy (non-hydrogen) atoms. The number of amides is 5. The van der Waals surface area contributed by atoms with Crippen LogP contribution < -0.4 is 10.6 Å². The lowest BCUT2D eigenvalue weighted by atomic mass is 9.81.